The zero-order chi connectivity index (χ0) is 22.4. The minimum absolute atomic E-state index is 0.114. The van der Waals surface area contributed by atoms with Crippen LogP contribution in [0.2, 0.25) is 0 Å². The molecule has 0 radical (unpaired) electrons. The second kappa shape index (κ2) is 9.94. The Kier molecular flexibility index (Phi) is 7.08. The molecule has 3 N–H and O–H groups in total. The van der Waals surface area contributed by atoms with E-state index in [0.717, 1.165) is 16.7 Å². The molecular formula is C26H27NO4. The van der Waals surface area contributed by atoms with Crippen molar-refractivity contribution in [3.05, 3.63) is 95.1 Å². The van der Waals surface area contributed by atoms with E-state index >= 15 is 0 Å². The van der Waals surface area contributed by atoms with Gasteiger partial charge in [-0.3, -0.25) is 9.59 Å². The van der Waals surface area contributed by atoms with E-state index in [1.807, 2.05) is 55.5 Å². The van der Waals surface area contributed by atoms with Crippen LogP contribution in [0, 0.1) is 12.8 Å². The summed E-state index contributed by atoms with van der Waals surface area (Å²) in [5, 5.41) is 9.40. The summed E-state index contributed by atoms with van der Waals surface area (Å²) in [6.45, 7) is 3.90. The van der Waals surface area contributed by atoms with Crippen molar-refractivity contribution in [2.24, 2.45) is 5.92 Å². The lowest BCUT2D eigenvalue weighted by molar-refractivity contribution is -0.141. The molecule has 5 heteroatoms. The molecule has 3 aromatic rings. The van der Waals surface area contributed by atoms with Gasteiger partial charge in [0.2, 0.25) is 0 Å². The van der Waals surface area contributed by atoms with Gasteiger partial charge in [-0.1, -0.05) is 55.5 Å². The van der Waals surface area contributed by atoms with Gasteiger partial charge in [0.15, 0.2) is 5.78 Å². The number of aryl methyl sites for hydroxylation is 1. The summed E-state index contributed by atoms with van der Waals surface area (Å²) < 4.78 is 5.86. The average Bonchev–Trinajstić information content (AvgIpc) is 2.76. The molecular weight excluding hydrogens is 390 g/mol. The van der Waals surface area contributed by atoms with Crippen molar-refractivity contribution in [3.63, 3.8) is 0 Å². The molecule has 160 valence electrons. The number of rotatable bonds is 9. The number of carboxylic acids is 1. The SMILES string of the molecule is Cc1ccccc1C(CC(C)C(=O)O)C(=O)c1cccc(OCc2cccc(N)c2)c1. The van der Waals surface area contributed by atoms with Crippen LogP contribution in [-0.2, 0) is 11.4 Å². The van der Waals surface area contributed by atoms with Gasteiger partial charge in [0, 0.05) is 17.2 Å². The molecule has 0 fully saturated rings. The van der Waals surface area contributed by atoms with Gasteiger partial charge in [-0.05, 0) is 54.3 Å². The van der Waals surface area contributed by atoms with Crippen LogP contribution in [0.15, 0.2) is 72.8 Å². The summed E-state index contributed by atoms with van der Waals surface area (Å²) in [6.07, 6.45) is 0.230. The molecule has 0 bridgehead atoms. The number of ketones is 1. The van der Waals surface area contributed by atoms with Crippen molar-refractivity contribution in [2.45, 2.75) is 32.8 Å². The smallest absolute Gasteiger partial charge is 0.306 e. The third kappa shape index (κ3) is 5.72. The molecule has 0 spiro atoms. The van der Waals surface area contributed by atoms with Gasteiger partial charge in [0.25, 0.3) is 0 Å². The Bertz CT molecular complexity index is 1080. The maximum absolute atomic E-state index is 13.5. The Morgan fingerprint density at radius 2 is 1.74 bits per heavy atom. The summed E-state index contributed by atoms with van der Waals surface area (Å²) in [5.74, 6) is -1.64. The summed E-state index contributed by atoms with van der Waals surface area (Å²) in [6, 6.07) is 22.1. The molecule has 0 aromatic heterocycles. The van der Waals surface area contributed by atoms with Crippen molar-refractivity contribution in [2.75, 3.05) is 5.73 Å². The number of aliphatic carboxylic acids is 1. The lowest BCUT2D eigenvalue weighted by Gasteiger charge is -2.21. The van der Waals surface area contributed by atoms with Gasteiger partial charge in [0.05, 0.1) is 5.92 Å². The predicted octanol–water partition coefficient (Wildman–Crippen LogP) is 5.23. The molecule has 2 unspecified atom stereocenters. The first-order valence-corrected chi connectivity index (χ1v) is 10.2. The first-order valence-electron chi connectivity index (χ1n) is 10.2. The standard InChI is InChI=1S/C26H27NO4/c1-17-7-3-4-12-23(17)24(13-18(2)26(29)30)25(28)20-9-6-11-22(15-20)31-16-19-8-5-10-21(27)14-19/h3-12,14-15,18,24H,13,16,27H2,1-2H3,(H,29,30). The highest BCUT2D eigenvalue weighted by Crippen LogP contribution is 2.31. The number of ether oxygens (including phenoxy) is 1. The fourth-order valence-corrected chi connectivity index (χ4v) is 3.60. The second-order valence-electron chi connectivity index (χ2n) is 7.81. The van der Waals surface area contributed by atoms with Crippen LogP contribution in [0.5, 0.6) is 5.75 Å². The lowest BCUT2D eigenvalue weighted by Crippen LogP contribution is -2.21. The predicted molar refractivity (Wildman–Crippen MR) is 121 cm³/mol. The van der Waals surface area contributed by atoms with E-state index in [1.165, 1.54) is 0 Å². The highest BCUT2D eigenvalue weighted by atomic mass is 16.5. The molecule has 0 aliphatic carbocycles. The summed E-state index contributed by atoms with van der Waals surface area (Å²) in [4.78, 5) is 24.9. The zero-order valence-electron chi connectivity index (χ0n) is 17.7. The van der Waals surface area contributed by atoms with Crippen LogP contribution >= 0.6 is 0 Å². The number of carbonyl (C=O) groups is 2. The second-order valence-corrected chi connectivity index (χ2v) is 7.81. The number of hydrogen-bond donors (Lipinski definition) is 2. The van der Waals surface area contributed by atoms with Crippen molar-refractivity contribution in [1.29, 1.82) is 0 Å². The van der Waals surface area contributed by atoms with Crippen LogP contribution in [0.25, 0.3) is 0 Å². The third-order valence-electron chi connectivity index (χ3n) is 5.37. The number of benzene rings is 3. The van der Waals surface area contributed by atoms with Gasteiger partial charge in [-0.2, -0.15) is 0 Å². The van der Waals surface area contributed by atoms with E-state index in [2.05, 4.69) is 0 Å². The topological polar surface area (TPSA) is 89.6 Å². The number of Topliss-reactive ketones (excluding diaryl/α,β-unsaturated/α-hetero) is 1. The molecule has 2 atom stereocenters. The Morgan fingerprint density at radius 3 is 2.45 bits per heavy atom. The Morgan fingerprint density at radius 1 is 1.00 bits per heavy atom. The van der Waals surface area contributed by atoms with Crippen LogP contribution in [0.3, 0.4) is 0 Å². The minimum Gasteiger partial charge on any atom is -0.489 e. The number of nitrogen functional groups attached to an aromatic ring is 1. The van der Waals surface area contributed by atoms with Crippen molar-refractivity contribution < 1.29 is 19.4 Å². The molecule has 0 aliphatic rings. The van der Waals surface area contributed by atoms with E-state index in [9.17, 15) is 14.7 Å². The number of hydrogen-bond acceptors (Lipinski definition) is 4. The maximum Gasteiger partial charge on any atom is 0.306 e. The van der Waals surface area contributed by atoms with Crippen LogP contribution in [-0.4, -0.2) is 16.9 Å². The van der Waals surface area contributed by atoms with Gasteiger partial charge < -0.3 is 15.6 Å². The summed E-state index contributed by atoms with van der Waals surface area (Å²) in [7, 11) is 0. The van der Waals surface area contributed by atoms with Crippen molar-refractivity contribution >= 4 is 17.4 Å². The molecule has 5 nitrogen and oxygen atoms in total. The molecule has 0 amide bonds. The summed E-state index contributed by atoms with van der Waals surface area (Å²) >= 11 is 0. The monoisotopic (exact) mass is 417 g/mol. The fourth-order valence-electron chi connectivity index (χ4n) is 3.60. The van der Waals surface area contributed by atoms with E-state index in [0.29, 0.717) is 23.6 Å². The third-order valence-corrected chi connectivity index (χ3v) is 5.37. The van der Waals surface area contributed by atoms with Crippen LogP contribution in [0.1, 0.15) is 46.3 Å². The fraction of sp³-hybridized carbons (Fsp3) is 0.231. The lowest BCUT2D eigenvalue weighted by atomic mass is 9.82. The highest BCUT2D eigenvalue weighted by molar-refractivity contribution is 6.01. The molecule has 3 aromatic carbocycles. The van der Waals surface area contributed by atoms with E-state index in [-0.39, 0.29) is 12.2 Å². The van der Waals surface area contributed by atoms with Crippen LogP contribution in [0.4, 0.5) is 5.69 Å². The zero-order valence-corrected chi connectivity index (χ0v) is 17.7. The first kappa shape index (κ1) is 22.1. The summed E-state index contributed by atoms with van der Waals surface area (Å²) in [5.41, 5.74) is 9.73. The van der Waals surface area contributed by atoms with E-state index in [4.69, 9.17) is 10.5 Å². The number of carboxylic acid groups (broad SMARTS) is 1. The van der Waals surface area contributed by atoms with Crippen molar-refractivity contribution in [1.82, 2.24) is 0 Å². The normalized spacial score (nSPS) is 12.7. The molecule has 3 rings (SSSR count). The van der Waals surface area contributed by atoms with Crippen molar-refractivity contribution in [3.8, 4) is 5.75 Å². The van der Waals surface area contributed by atoms with E-state index in [1.54, 1.807) is 31.2 Å². The van der Waals surface area contributed by atoms with Gasteiger partial charge in [-0.25, -0.2) is 0 Å². The number of carbonyl (C=O) groups excluding carboxylic acids is 1. The number of nitrogens with two attached hydrogens (primary N) is 1. The molecule has 0 saturated carbocycles. The molecule has 0 aliphatic heterocycles. The minimum atomic E-state index is -0.911. The first-order chi connectivity index (χ1) is 14.8. The van der Waals surface area contributed by atoms with Gasteiger partial charge in [0.1, 0.15) is 12.4 Å². The van der Waals surface area contributed by atoms with Crippen LogP contribution < -0.4 is 10.5 Å². The molecule has 31 heavy (non-hydrogen) atoms. The maximum atomic E-state index is 13.5. The quantitative estimate of drug-likeness (QED) is 0.367. The van der Waals surface area contributed by atoms with E-state index < -0.39 is 17.8 Å². The number of anilines is 1. The molecule has 0 heterocycles. The highest BCUT2D eigenvalue weighted by Gasteiger charge is 2.28. The Hall–Kier alpha value is -3.60. The van der Waals surface area contributed by atoms with Gasteiger partial charge >= 0.3 is 5.97 Å². The molecule has 0 saturated heterocycles. The Labute approximate surface area is 182 Å². The largest absolute Gasteiger partial charge is 0.489 e. The average molecular weight is 418 g/mol. The van der Waals surface area contributed by atoms with Gasteiger partial charge in [-0.15, -0.1) is 0 Å². The Balaban J connectivity index is 1.84.